The van der Waals surface area contributed by atoms with E-state index in [1.165, 1.54) is 0 Å². The fourth-order valence-corrected chi connectivity index (χ4v) is 1.73. The van der Waals surface area contributed by atoms with Crippen molar-refractivity contribution in [3.63, 3.8) is 0 Å². The van der Waals surface area contributed by atoms with E-state index in [9.17, 15) is 9.90 Å². The molecule has 1 N–H and O–H groups in total. The van der Waals surface area contributed by atoms with Crippen molar-refractivity contribution in [2.75, 3.05) is 20.2 Å². The van der Waals surface area contributed by atoms with E-state index in [0.717, 1.165) is 13.0 Å². The first-order valence-electron chi connectivity index (χ1n) is 4.70. The Bertz CT molecular complexity index is 225. The maximum absolute atomic E-state index is 11.6. The fraction of sp³-hybridized carbons (Fsp3) is 0.889. The van der Waals surface area contributed by atoms with Gasteiger partial charge in [-0.05, 0) is 19.3 Å². The molecule has 0 aromatic heterocycles. The Morgan fingerprint density at radius 2 is 2.31 bits per heavy atom. The van der Waals surface area contributed by atoms with Crippen LogP contribution in [0.5, 0.6) is 0 Å². The van der Waals surface area contributed by atoms with E-state index in [4.69, 9.17) is 4.74 Å². The number of nitrogens with zero attached hydrogens (tertiary/aromatic N) is 1. The predicted molar refractivity (Wildman–Crippen MR) is 46.2 cm³/mol. The molecule has 74 valence electrons. The first kappa shape index (κ1) is 8.97. The summed E-state index contributed by atoms with van der Waals surface area (Å²) in [7, 11) is 1.66. The van der Waals surface area contributed by atoms with Crippen LogP contribution in [-0.2, 0) is 9.53 Å². The van der Waals surface area contributed by atoms with E-state index in [0.29, 0.717) is 19.4 Å². The lowest BCUT2D eigenvalue weighted by Crippen LogP contribution is -2.39. The number of ether oxygens (including phenoxy) is 1. The molecule has 1 aliphatic heterocycles. The van der Waals surface area contributed by atoms with Gasteiger partial charge in [0.2, 0.25) is 0 Å². The molecule has 1 saturated carbocycles. The summed E-state index contributed by atoms with van der Waals surface area (Å²) in [5.41, 5.74) is -1.01. The number of hydrogen-bond donors (Lipinski definition) is 1. The van der Waals surface area contributed by atoms with Gasteiger partial charge in [-0.3, -0.25) is 4.79 Å². The Labute approximate surface area is 77.5 Å². The first-order valence-corrected chi connectivity index (χ1v) is 4.70. The molecule has 4 nitrogen and oxygen atoms in total. The summed E-state index contributed by atoms with van der Waals surface area (Å²) < 4.78 is 5.15. The van der Waals surface area contributed by atoms with E-state index < -0.39 is 5.60 Å². The van der Waals surface area contributed by atoms with Crippen molar-refractivity contribution in [2.45, 2.75) is 31.0 Å². The lowest BCUT2D eigenvalue weighted by molar-refractivity contribution is -0.141. The highest BCUT2D eigenvalue weighted by Gasteiger charge is 2.51. The third-order valence-electron chi connectivity index (χ3n) is 2.89. The summed E-state index contributed by atoms with van der Waals surface area (Å²) in [6.45, 7) is 1.36. The maximum Gasteiger partial charge on any atom is 0.254 e. The highest BCUT2D eigenvalue weighted by Crippen LogP contribution is 2.37. The number of aliphatic hydroxyl groups is 1. The Balaban J connectivity index is 1.92. The van der Waals surface area contributed by atoms with Crippen LogP contribution in [0.3, 0.4) is 0 Å². The molecule has 0 aromatic rings. The Morgan fingerprint density at radius 1 is 1.62 bits per heavy atom. The molecule has 2 aliphatic rings. The monoisotopic (exact) mass is 185 g/mol. The molecule has 1 saturated heterocycles. The van der Waals surface area contributed by atoms with Gasteiger partial charge in [0.25, 0.3) is 5.91 Å². The van der Waals surface area contributed by atoms with E-state index >= 15 is 0 Å². The summed E-state index contributed by atoms with van der Waals surface area (Å²) in [4.78, 5) is 13.3. The summed E-state index contributed by atoms with van der Waals surface area (Å²) in [6, 6.07) is 0. The number of carbonyl (C=O) groups is 1. The van der Waals surface area contributed by atoms with Crippen LogP contribution in [0.2, 0.25) is 0 Å². The number of methoxy groups -OCH3 is 1. The highest BCUT2D eigenvalue weighted by atomic mass is 16.5. The van der Waals surface area contributed by atoms with Gasteiger partial charge in [-0.1, -0.05) is 0 Å². The maximum atomic E-state index is 11.6. The van der Waals surface area contributed by atoms with Crippen LogP contribution in [-0.4, -0.2) is 47.8 Å². The topological polar surface area (TPSA) is 49.8 Å². The molecular weight excluding hydrogens is 170 g/mol. The normalized spacial score (nSPS) is 30.6. The van der Waals surface area contributed by atoms with Crippen LogP contribution < -0.4 is 0 Å². The lowest BCUT2D eigenvalue weighted by Gasteiger charge is -2.19. The largest absolute Gasteiger partial charge is 0.380 e. The minimum absolute atomic E-state index is 0.105. The molecule has 4 heteroatoms. The average molecular weight is 185 g/mol. The van der Waals surface area contributed by atoms with Gasteiger partial charge in [0, 0.05) is 20.2 Å². The minimum atomic E-state index is -1.01. The predicted octanol–water partition coefficient (Wildman–Crippen LogP) is -0.241. The van der Waals surface area contributed by atoms with E-state index in [2.05, 4.69) is 0 Å². The summed E-state index contributed by atoms with van der Waals surface area (Å²) >= 11 is 0. The van der Waals surface area contributed by atoms with Gasteiger partial charge in [-0.25, -0.2) is 0 Å². The molecule has 0 bridgehead atoms. The molecule has 1 heterocycles. The Hall–Kier alpha value is -0.610. The fourth-order valence-electron chi connectivity index (χ4n) is 1.73. The molecule has 13 heavy (non-hydrogen) atoms. The standard InChI is InChI=1S/C9H15NO3/c1-13-7-2-5-10(6-7)8(11)9(12)3-4-9/h7,12H,2-6H2,1H3/t7-/m0/s1. The van der Waals surface area contributed by atoms with Crippen LogP contribution in [0, 0.1) is 0 Å². The lowest BCUT2D eigenvalue weighted by atomic mass is 10.3. The van der Waals surface area contributed by atoms with Gasteiger partial charge in [-0.2, -0.15) is 0 Å². The van der Waals surface area contributed by atoms with E-state index in [-0.39, 0.29) is 12.0 Å². The smallest absolute Gasteiger partial charge is 0.254 e. The second kappa shape index (κ2) is 2.96. The first-order chi connectivity index (χ1) is 6.15. The van der Waals surface area contributed by atoms with Crippen molar-refractivity contribution in [2.24, 2.45) is 0 Å². The zero-order valence-electron chi connectivity index (χ0n) is 7.82. The van der Waals surface area contributed by atoms with E-state index in [1.54, 1.807) is 12.0 Å². The number of hydrogen-bond acceptors (Lipinski definition) is 3. The zero-order chi connectivity index (χ0) is 9.47. The molecule has 0 spiro atoms. The van der Waals surface area contributed by atoms with Crippen molar-refractivity contribution in [3.05, 3.63) is 0 Å². The van der Waals surface area contributed by atoms with Crippen molar-refractivity contribution in [3.8, 4) is 0 Å². The Kier molecular flexibility index (Phi) is 2.04. The van der Waals surface area contributed by atoms with Gasteiger partial charge in [-0.15, -0.1) is 0 Å². The molecule has 1 amide bonds. The van der Waals surface area contributed by atoms with Gasteiger partial charge in [0.15, 0.2) is 0 Å². The van der Waals surface area contributed by atoms with Crippen molar-refractivity contribution in [1.29, 1.82) is 0 Å². The number of rotatable bonds is 2. The Morgan fingerprint density at radius 3 is 2.77 bits per heavy atom. The molecule has 0 radical (unpaired) electrons. The zero-order valence-corrected chi connectivity index (χ0v) is 7.82. The molecular formula is C9H15NO3. The van der Waals surface area contributed by atoms with E-state index in [1.807, 2.05) is 0 Å². The van der Waals surface area contributed by atoms with Crippen LogP contribution in [0.15, 0.2) is 0 Å². The summed E-state index contributed by atoms with van der Waals surface area (Å²) in [5, 5.41) is 9.58. The van der Waals surface area contributed by atoms with Gasteiger partial charge in [0.1, 0.15) is 5.60 Å². The third-order valence-corrected chi connectivity index (χ3v) is 2.89. The molecule has 1 aliphatic carbocycles. The molecule has 2 fully saturated rings. The van der Waals surface area contributed by atoms with Crippen molar-refractivity contribution < 1.29 is 14.6 Å². The number of amides is 1. The van der Waals surface area contributed by atoms with Gasteiger partial charge < -0.3 is 14.7 Å². The quantitative estimate of drug-likeness (QED) is 0.646. The summed E-state index contributed by atoms with van der Waals surface area (Å²) in [5.74, 6) is -0.105. The molecule has 1 atom stereocenters. The van der Waals surface area contributed by atoms with Crippen LogP contribution >= 0.6 is 0 Å². The number of carbonyl (C=O) groups excluding carboxylic acids is 1. The number of likely N-dealkylation sites (tertiary alicyclic amines) is 1. The van der Waals surface area contributed by atoms with Gasteiger partial charge in [0.05, 0.1) is 6.10 Å². The van der Waals surface area contributed by atoms with Crippen LogP contribution in [0.1, 0.15) is 19.3 Å². The molecule has 0 aromatic carbocycles. The third kappa shape index (κ3) is 1.56. The second-order valence-electron chi connectivity index (χ2n) is 3.93. The molecule has 2 rings (SSSR count). The SMILES string of the molecule is CO[C@H]1CCN(C(=O)C2(O)CC2)C1. The summed E-state index contributed by atoms with van der Waals surface area (Å²) in [6.07, 6.45) is 2.30. The van der Waals surface area contributed by atoms with Crippen LogP contribution in [0.4, 0.5) is 0 Å². The van der Waals surface area contributed by atoms with Crippen molar-refractivity contribution in [1.82, 2.24) is 4.90 Å². The minimum Gasteiger partial charge on any atom is -0.380 e. The average Bonchev–Trinajstić information content (AvgIpc) is 2.71. The van der Waals surface area contributed by atoms with Gasteiger partial charge >= 0.3 is 0 Å². The second-order valence-corrected chi connectivity index (χ2v) is 3.93. The van der Waals surface area contributed by atoms with Crippen LogP contribution in [0.25, 0.3) is 0 Å². The molecule has 0 unspecified atom stereocenters. The highest BCUT2D eigenvalue weighted by molar-refractivity contribution is 5.88. The van der Waals surface area contributed by atoms with Crippen molar-refractivity contribution >= 4 is 5.91 Å².